The van der Waals surface area contributed by atoms with E-state index in [9.17, 15) is 9.90 Å². The van der Waals surface area contributed by atoms with Crippen LogP contribution in [0.3, 0.4) is 0 Å². The minimum atomic E-state index is -0.804. The van der Waals surface area contributed by atoms with E-state index in [1.54, 1.807) is 0 Å². The number of carboxylic acid groups (broad SMARTS) is 1. The molecule has 0 radical (unpaired) electrons. The van der Waals surface area contributed by atoms with Crippen molar-refractivity contribution in [3.05, 3.63) is 0 Å². The zero-order valence-corrected chi connectivity index (χ0v) is 13.1. The first-order valence-electron chi connectivity index (χ1n) is 7.62. The van der Waals surface area contributed by atoms with Crippen molar-refractivity contribution in [2.24, 2.45) is 5.92 Å². The predicted octanol–water partition coefficient (Wildman–Crippen LogP) is 1.33. The minimum absolute atomic E-state index is 0.167. The summed E-state index contributed by atoms with van der Waals surface area (Å²) >= 11 is 0. The molecule has 0 aromatic carbocycles. The molecule has 0 aromatic heterocycles. The van der Waals surface area contributed by atoms with Gasteiger partial charge in [-0.1, -0.05) is 0 Å². The molecule has 2 aliphatic rings. The van der Waals surface area contributed by atoms with Gasteiger partial charge in [0.25, 0.3) is 0 Å². The molecule has 2 rings (SSSR count). The highest BCUT2D eigenvalue weighted by atomic mass is 16.5. The van der Waals surface area contributed by atoms with Crippen LogP contribution in [0.2, 0.25) is 0 Å². The molecule has 20 heavy (non-hydrogen) atoms. The number of aliphatic carboxylic acids is 1. The van der Waals surface area contributed by atoms with Crippen LogP contribution in [0.25, 0.3) is 0 Å². The van der Waals surface area contributed by atoms with Crippen LogP contribution in [0.4, 0.5) is 0 Å². The fourth-order valence-corrected chi connectivity index (χ4v) is 3.29. The van der Waals surface area contributed by atoms with Gasteiger partial charge in [0.05, 0.1) is 12.2 Å². The van der Waals surface area contributed by atoms with Crippen LogP contribution in [0, 0.1) is 5.92 Å². The summed E-state index contributed by atoms with van der Waals surface area (Å²) in [5.41, 5.74) is -0.995. The van der Waals surface area contributed by atoms with Crippen LogP contribution >= 0.6 is 0 Å². The first kappa shape index (κ1) is 15.7. The van der Waals surface area contributed by atoms with E-state index in [0.29, 0.717) is 13.2 Å². The molecule has 2 fully saturated rings. The van der Waals surface area contributed by atoms with Crippen LogP contribution in [-0.4, -0.2) is 59.4 Å². The van der Waals surface area contributed by atoms with Gasteiger partial charge in [0.1, 0.15) is 5.54 Å². The van der Waals surface area contributed by atoms with E-state index in [2.05, 4.69) is 24.1 Å². The van der Waals surface area contributed by atoms with Gasteiger partial charge < -0.3 is 9.84 Å². The second-order valence-corrected chi connectivity index (χ2v) is 7.17. The Morgan fingerprint density at radius 2 is 2.15 bits per heavy atom. The third-order valence-electron chi connectivity index (χ3n) is 4.18. The molecule has 2 N–H and O–H groups in total. The molecule has 116 valence electrons. The molecular weight excluding hydrogens is 256 g/mol. The monoisotopic (exact) mass is 284 g/mol. The Morgan fingerprint density at radius 1 is 1.50 bits per heavy atom. The SMILES string of the molecule is CC(C)NC(CN1CCOC(C)(C)C1)(C(=O)O)C1CC1. The van der Waals surface area contributed by atoms with Crippen molar-refractivity contribution in [1.29, 1.82) is 0 Å². The Bertz CT molecular complexity index is 366. The Morgan fingerprint density at radius 3 is 2.60 bits per heavy atom. The molecule has 1 aliphatic carbocycles. The van der Waals surface area contributed by atoms with Gasteiger partial charge in [-0.25, -0.2) is 0 Å². The third kappa shape index (κ3) is 3.51. The normalized spacial score (nSPS) is 26.4. The van der Waals surface area contributed by atoms with E-state index in [0.717, 1.165) is 25.9 Å². The number of morpholine rings is 1. The third-order valence-corrected chi connectivity index (χ3v) is 4.18. The number of ether oxygens (including phenoxy) is 1. The second kappa shape index (κ2) is 5.62. The predicted molar refractivity (Wildman–Crippen MR) is 77.8 cm³/mol. The van der Waals surface area contributed by atoms with Gasteiger partial charge in [-0.05, 0) is 46.5 Å². The summed E-state index contributed by atoms with van der Waals surface area (Å²) in [4.78, 5) is 14.2. The van der Waals surface area contributed by atoms with Crippen molar-refractivity contribution < 1.29 is 14.6 Å². The maximum absolute atomic E-state index is 12.0. The highest BCUT2D eigenvalue weighted by Crippen LogP contribution is 2.41. The van der Waals surface area contributed by atoms with Crippen LogP contribution in [-0.2, 0) is 9.53 Å². The molecular formula is C15H28N2O3. The molecule has 0 spiro atoms. The summed E-state index contributed by atoms with van der Waals surface area (Å²) in [6.07, 6.45) is 2.03. The fourth-order valence-electron chi connectivity index (χ4n) is 3.29. The van der Waals surface area contributed by atoms with E-state index in [1.165, 1.54) is 0 Å². The van der Waals surface area contributed by atoms with E-state index in [-0.39, 0.29) is 17.6 Å². The fraction of sp³-hybridized carbons (Fsp3) is 0.933. The first-order chi connectivity index (χ1) is 9.25. The molecule has 0 bridgehead atoms. The number of hydrogen-bond donors (Lipinski definition) is 2. The van der Waals surface area contributed by atoms with Crippen molar-refractivity contribution >= 4 is 5.97 Å². The van der Waals surface area contributed by atoms with Crippen molar-refractivity contribution in [2.75, 3.05) is 26.2 Å². The minimum Gasteiger partial charge on any atom is -0.480 e. The molecule has 1 heterocycles. The summed E-state index contributed by atoms with van der Waals surface area (Å²) in [5, 5.41) is 13.2. The molecule has 5 nitrogen and oxygen atoms in total. The van der Waals surface area contributed by atoms with Crippen LogP contribution in [0.1, 0.15) is 40.5 Å². The van der Waals surface area contributed by atoms with Gasteiger partial charge in [-0.15, -0.1) is 0 Å². The van der Waals surface area contributed by atoms with Gasteiger partial charge in [0, 0.05) is 25.7 Å². The van der Waals surface area contributed by atoms with Gasteiger partial charge in [-0.2, -0.15) is 0 Å². The van der Waals surface area contributed by atoms with Crippen LogP contribution < -0.4 is 5.32 Å². The van der Waals surface area contributed by atoms with Crippen molar-refractivity contribution in [2.45, 2.75) is 57.7 Å². The highest BCUT2D eigenvalue weighted by molar-refractivity contribution is 5.80. The maximum atomic E-state index is 12.0. The van der Waals surface area contributed by atoms with E-state index >= 15 is 0 Å². The molecule has 0 amide bonds. The average molecular weight is 284 g/mol. The Balaban J connectivity index is 2.12. The molecule has 1 atom stereocenters. The lowest BCUT2D eigenvalue weighted by Crippen LogP contribution is -2.64. The molecule has 0 aromatic rings. The largest absolute Gasteiger partial charge is 0.480 e. The number of nitrogens with zero attached hydrogens (tertiary/aromatic N) is 1. The number of nitrogens with one attached hydrogen (secondary N) is 1. The zero-order chi connectivity index (χ0) is 15.0. The standard InChI is InChI=1S/C15H28N2O3/c1-11(2)16-15(13(18)19,12-5-6-12)10-17-7-8-20-14(3,4)9-17/h11-12,16H,5-10H2,1-4H3,(H,18,19). The smallest absolute Gasteiger partial charge is 0.325 e. The molecule has 1 saturated carbocycles. The number of hydrogen-bond acceptors (Lipinski definition) is 4. The van der Waals surface area contributed by atoms with Gasteiger partial charge >= 0.3 is 5.97 Å². The maximum Gasteiger partial charge on any atom is 0.325 e. The van der Waals surface area contributed by atoms with Gasteiger partial charge in [-0.3, -0.25) is 15.0 Å². The Kier molecular flexibility index (Phi) is 4.42. The van der Waals surface area contributed by atoms with Gasteiger partial charge in [0.2, 0.25) is 0 Å². The summed E-state index contributed by atoms with van der Waals surface area (Å²) in [7, 11) is 0. The number of rotatable bonds is 6. The highest BCUT2D eigenvalue weighted by Gasteiger charge is 2.52. The van der Waals surface area contributed by atoms with Crippen molar-refractivity contribution in [3.8, 4) is 0 Å². The zero-order valence-electron chi connectivity index (χ0n) is 13.1. The Labute approximate surface area is 121 Å². The number of carbonyl (C=O) groups is 1. The lowest BCUT2D eigenvalue weighted by Gasteiger charge is -2.43. The van der Waals surface area contributed by atoms with Crippen molar-refractivity contribution in [1.82, 2.24) is 10.2 Å². The Hall–Kier alpha value is -0.650. The lowest BCUT2D eigenvalue weighted by atomic mass is 9.90. The van der Waals surface area contributed by atoms with Crippen LogP contribution in [0.15, 0.2) is 0 Å². The molecule has 1 saturated heterocycles. The van der Waals surface area contributed by atoms with E-state index in [4.69, 9.17) is 4.74 Å². The first-order valence-corrected chi connectivity index (χ1v) is 7.62. The van der Waals surface area contributed by atoms with Gasteiger partial charge in [0.15, 0.2) is 0 Å². The molecule has 1 aliphatic heterocycles. The molecule has 5 heteroatoms. The second-order valence-electron chi connectivity index (χ2n) is 7.17. The summed E-state index contributed by atoms with van der Waals surface area (Å²) in [6.45, 7) is 11.0. The average Bonchev–Trinajstić information content (AvgIpc) is 3.09. The lowest BCUT2D eigenvalue weighted by molar-refractivity contribution is -0.150. The summed E-state index contributed by atoms with van der Waals surface area (Å²) in [5.74, 6) is -0.452. The quantitative estimate of drug-likeness (QED) is 0.770. The van der Waals surface area contributed by atoms with Crippen molar-refractivity contribution in [3.63, 3.8) is 0 Å². The van der Waals surface area contributed by atoms with Crippen LogP contribution in [0.5, 0.6) is 0 Å². The topological polar surface area (TPSA) is 61.8 Å². The molecule has 1 unspecified atom stereocenters. The summed E-state index contributed by atoms with van der Waals surface area (Å²) in [6, 6.07) is 0.167. The summed E-state index contributed by atoms with van der Waals surface area (Å²) < 4.78 is 5.72. The van der Waals surface area contributed by atoms with E-state index in [1.807, 2.05) is 13.8 Å². The number of carboxylic acids is 1. The van der Waals surface area contributed by atoms with E-state index < -0.39 is 11.5 Å².